The van der Waals surface area contributed by atoms with E-state index in [-0.39, 0.29) is 5.91 Å². The minimum atomic E-state index is 0.0514. The Bertz CT molecular complexity index is 1790. The fourth-order valence-electron chi connectivity index (χ4n) is 8.21. The van der Waals surface area contributed by atoms with Crippen LogP contribution < -0.4 is 5.32 Å². The van der Waals surface area contributed by atoms with Gasteiger partial charge in [-0.05, 0) is 93.9 Å². The Balaban J connectivity index is 1.25. The summed E-state index contributed by atoms with van der Waals surface area (Å²) in [6.45, 7) is 7.64. The molecule has 2 aromatic heterocycles. The van der Waals surface area contributed by atoms with Crippen LogP contribution in [-0.4, -0.2) is 68.6 Å². The van der Waals surface area contributed by atoms with Crippen LogP contribution in [0.1, 0.15) is 84.6 Å². The Morgan fingerprint density at radius 3 is 2.58 bits per heavy atom. The van der Waals surface area contributed by atoms with Gasteiger partial charge in [-0.3, -0.25) is 14.5 Å². The van der Waals surface area contributed by atoms with Crippen LogP contribution in [0.2, 0.25) is 0 Å². The number of nitrogens with one attached hydrogen (secondary N) is 1. The lowest BCUT2D eigenvalue weighted by Gasteiger charge is -2.21. The lowest BCUT2D eigenvalue weighted by molar-refractivity contribution is 0.0966. The van der Waals surface area contributed by atoms with Gasteiger partial charge in [-0.15, -0.1) is 0 Å². The van der Waals surface area contributed by atoms with E-state index in [2.05, 4.69) is 58.2 Å². The van der Waals surface area contributed by atoms with Gasteiger partial charge < -0.3 is 14.8 Å². The van der Waals surface area contributed by atoms with Crippen LogP contribution >= 0.6 is 0 Å². The van der Waals surface area contributed by atoms with Crippen molar-refractivity contribution in [3.8, 4) is 11.1 Å². The summed E-state index contributed by atoms with van der Waals surface area (Å²) in [6, 6.07) is 7.37. The van der Waals surface area contributed by atoms with Crippen molar-refractivity contribution < 1.29 is 4.79 Å². The van der Waals surface area contributed by atoms with Crippen LogP contribution in [0.5, 0.6) is 0 Å². The van der Waals surface area contributed by atoms with E-state index in [1.54, 1.807) is 0 Å². The molecule has 4 aliphatic rings. The summed E-state index contributed by atoms with van der Waals surface area (Å²) in [7, 11) is 4.06. The van der Waals surface area contributed by atoms with Crippen LogP contribution in [0, 0.1) is 0 Å². The van der Waals surface area contributed by atoms with Crippen molar-refractivity contribution in [3.05, 3.63) is 52.3 Å². The summed E-state index contributed by atoms with van der Waals surface area (Å²) >= 11 is 0. The summed E-state index contributed by atoms with van der Waals surface area (Å²) in [4.78, 5) is 16.1. The van der Waals surface area contributed by atoms with Crippen LogP contribution in [0.3, 0.4) is 0 Å². The number of likely N-dealkylation sites (tertiary alicyclic amines) is 1. The number of benzene rings is 2. The van der Waals surface area contributed by atoms with Crippen molar-refractivity contribution in [1.29, 1.82) is 0 Å². The molecule has 1 atom stereocenters. The molecule has 8 nitrogen and oxygen atoms in total. The van der Waals surface area contributed by atoms with Gasteiger partial charge in [0.25, 0.3) is 5.91 Å². The second-order valence-corrected chi connectivity index (χ2v) is 13.3. The number of carbonyl (C=O) groups excluding carboxylic acids is 1. The maximum atomic E-state index is 13.5. The number of unbranched alkanes of at least 4 members (excludes halogenated alkanes) is 3. The zero-order chi connectivity index (χ0) is 29.2. The van der Waals surface area contributed by atoms with Crippen LogP contribution in [0.4, 0.5) is 0 Å². The molecule has 2 aromatic carbocycles. The number of hydrogen-bond acceptors (Lipinski definition) is 5. The van der Waals surface area contributed by atoms with Gasteiger partial charge in [0.05, 0.1) is 22.5 Å². The molecular weight excluding hydrogens is 534 g/mol. The number of carbonyl (C=O) groups is 1. The third kappa shape index (κ3) is 4.40. The van der Waals surface area contributed by atoms with Gasteiger partial charge in [0.15, 0.2) is 0 Å². The Kier molecular flexibility index (Phi) is 6.58. The first-order chi connectivity index (χ1) is 21.0. The minimum absolute atomic E-state index is 0.0514. The molecule has 1 saturated heterocycles. The maximum Gasteiger partial charge on any atom is 0.252 e. The lowest BCUT2D eigenvalue weighted by Crippen LogP contribution is -2.20. The molecule has 8 rings (SSSR count). The van der Waals surface area contributed by atoms with Crippen molar-refractivity contribution >= 4 is 33.4 Å². The van der Waals surface area contributed by atoms with Gasteiger partial charge in [-0.2, -0.15) is 10.2 Å². The largest absolute Gasteiger partial charge is 0.348 e. The molecule has 1 unspecified atom stereocenters. The Morgan fingerprint density at radius 2 is 1.79 bits per heavy atom. The maximum absolute atomic E-state index is 13.5. The quantitative estimate of drug-likeness (QED) is 0.276. The predicted molar refractivity (Wildman–Crippen MR) is 173 cm³/mol. The zero-order valence-corrected chi connectivity index (χ0v) is 25.9. The van der Waals surface area contributed by atoms with Crippen molar-refractivity contribution in [1.82, 2.24) is 29.6 Å². The van der Waals surface area contributed by atoms with Gasteiger partial charge in [0.2, 0.25) is 0 Å². The highest BCUT2D eigenvalue weighted by Gasteiger charge is 2.35. The molecule has 3 aliphatic heterocycles. The molecule has 4 aromatic rings. The first-order valence-corrected chi connectivity index (χ1v) is 16.5. The Labute approximate surface area is 253 Å². The lowest BCUT2D eigenvalue weighted by atomic mass is 9.82. The third-order valence-electron chi connectivity index (χ3n) is 10.5. The minimum Gasteiger partial charge on any atom is -0.348 e. The number of rotatable bonds is 8. The topological polar surface area (TPSA) is 70.7 Å². The molecule has 1 N–H and O–H groups in total. The number of aromatic nitrogens is 3. The molecule has 0 radical (unpaired) electrons. The van der Waals surface area contributed by atoms with Crippen LogP contribution in [-0.2, 0) is 33.0 Å². The zero-order valence-electron chi connectivity index (χ0n) is 25.9. The van der Waals surface area contributed by atoms with Gasteiger partial charge in [-0.1, -0.05) is 18.9 Å². The van der Waals surface area contributed by atoms with E-state index in [0.717, 1.165) is 65.9 Å². The fourth-order valence-corrected chi connectivity index (χ4v) is 8.21. The monoisotopic (exact) mass is 577 g/mol. The number of amides is 1. The number of hydrogen-bond donors (Lipinski definition) is 1. The van der Waals surface area contributed by atoms with Crippen molar-refractivity contribution in [3.63, 3.8) is 0 Å². The van der Waals surface area contributed by atoms with E-state index in [4.69, 9.17) is 10.2 Å². The number of aryl methyl sites for hydroxylation is 4. The predicted octanol–water partition coefficient (Wildman–Crippen LogP) is 5.62. The summed E-state index contributed by atoms with van der Waals surface area (Å²) < 4.78 is 4.51. The van der Waals surface area contributed by atoms with E-state index < -0.39 is 0 Å². The highest BCUT2D eigenvalue weighted by atomic mass is 16.1. The van der Waals surface area contributed by atoms with Crippen LogP contribution in [0.15, 0.2) is 29.5 Å². The van der Waals surface area contributed by atoms with E-state index in [1.165, 1.54) is 84.7 Å². The molecule has 0 saturated carbocycles. The van der Waals surface area contributed by atoms with Gasteiger partial charge in [0.1, 0.15) is 0 Å². The summed E-state index contributed by atoms with van der Waals surface area (Å²) in [5.41, 5.74) is 11.7. The van der Waals surface area contributed by atoms with E-state index in [9.17, 15) is 4.79 Å². The average Bonchev–Trinajstić information content (AvgIpc) is 3.82. The number of fused-ring (bicyclic) bond motifs is 10. The number of nitrogens with zero attached hydrogens (tertiary/aromatic N) is 6. The van der Waals surface area contributed by atoms with Crippen molar-refractivity contribution in [2.75, 3.05) is 26.7 Å². The Morgan fingerprint density at radius 1 is 0.977 bits per heavy atom. The fraction of sp³-hybridized carbons (Fsp3) is 0.514. The molecule has 0 spiro atoms. The summed E-state index contributed by atoms with van der Waals surface area (Å²) in [5.74, 6) is 0.0514. The Hall–Kier alpha value is -3.65. The molecule has 5 heterocycles. The SMILES string of the molecule is CC1CC(c2ccc3c(c2)c2c4c(c5c(c2n3CCCCCCN2CCCC2)CCc2nn(C)cc2-5)C(=O)NC4)=NN1C. The van der Waals surface area contributed by atoms with E-state index >= 15 is 0 Å². The van der Waals surface area contributed by atoms with Crippen LogP contribution in [0.25, 0.3) is 32.9 Å². The van der Waals surface area contributed by atoms with E-state index in [0.29, 0.717) is 12.6 Å². The van der Waals surface area contributed by atoms with Gasteiger partial charge >= 0.3 is 0 Å². The average molecular weight is 578 g/mol. The molecule has 224 valence electrons. The first-order valence-electron chi connectivity index (χ1n) is 16.5. The first kappa shape index (κ1) is 26.9. The summed E-state index contributed by atoms with van der Waals surface area (Å²) in [6.07, 6.45) is 12.6. The molecule has 1 amide bonds. The van der Waals surface area contributed by atoms with E-state index in [1.807, 2.05) is 11.7 Å². The molecule has 0 bridgehead atoms. The van der Waals surface area contributed by atoms with Gasteiger partial charge in [-0.25, -0.2) is 0 Å². The molecular formula is C35H43N7O. The third-order valence-corrected chi connectivity index (χ3v) is 10.5. The van der Waals surface area contributed by atoms with Gasteiger partial charge in [0, 0.05) is 73.3 Å². The molecule has 1 fully saturated rings. The molecule has 8 heteroatoms. The second-order valence-electron chi connectivity index (χ2n) is 13.3. The van der Waals surface area contributed by atoms with Crippen molar-refractivity contribution in [2.24, 2.45) is 12.1 Å². The standard InChI is InChI=1S/C35H43N7O/c1-22-18-29(38-40(22)3)23-10-13-30-25(19-23)32-26-20-36-35(43)33(26)31-24(11-12-28-27(31)21-39(2)37-28)34(32)42(30)17-7-5-4-6-14-41-15-8-9-16-41/h10,13,19,21-22H,4-9,11-12,14-18,20H2,1-3H3,(H,36,43). The smallest absolute Gasteiger partial charge is 0.252 e. The molecule has 1 aliphatic carbocycles. The highest BCUT2D eigenvalue weighted by molar-refractivity contribution is 6.20. The van der Waals surface area contributed by atoms with Crippen molar-refractivity contribution in [2.45, 2.75) is 83.8 Å². The normalized spacial score (nSPS) is 19.8. The number of hydrazone groups is 1. The highest BCUT2D eigenvalue weighted by Crippen LogP contribution is 2.47. The summed E-state index contributed by atoms with van der Waals surface area (Å²) in [5, 5.41) is 17.5. The molecule has 43 heavy (non-hydrogen) atoms. The second kappa shape index (κ2) is 10.5.